The van der Waals surface area contributed by atoms with Crippen molar-refractivity contribution < 1.29 is 40.6 Å². The predicted octanol–water partition coefficient (Wildman–Crippen LogP) is 1.24. The Morgan fingerprint density at radius 1 is 1.17 bits per heavy atom. The molecular weight excluding hydrogens is 365 g/mol. The fraction of sp³-hybridized carbons (Fsp3) is 0.143. The van der Waals surface area contributed by atoms with Gasteiger partial charge < -0.3 is 0 Å². The van der Waals surface area contributed by atoms with Crippen LogP contribution in [0.5, 0.6) is 0 Å². The summed E-state index contributed by atoms with van der Waals surface area (Å²) in [4.78, 5) is -0.0666. The maximum atomic E-state index is 10.5. The Hall–Kier alpha value is 0.0651. The predicted molar refractivity (Wildman–Crippen MR) is 41.0 cm³/mol. The van der Waals surface area contributed by atoms with Crippen LogP contribution in [0.1, 0.15) is 5.56 Å². The minimum absolute atomic E-state index is 0. The summed E-state index contributed by atoms with van der Waals surface area (Å²) in [5.41, 5.74) is 0.956. The fourth-order valence-electron chi connectivity index (χ4n) is 0.710. The van der Waals surface area contributed by atoms with Crippen LogP contribution in [-0.4, -0.2) is 13.0 Å². The van der Waals surface area contributed by atoms with Crippen molar-refractivity contribution in [1.82, 2.24) is 0 Å². The van der Waals surface area contributed by atoms with Crippen molar-refractivity contribution in [2.45, 2.75) is 11.8 Å². The Balaban J connectivity index is 0.00000121. The molecule has 1 rings (SSSR count). The van der Waals surface area contributed by atoms with E-state index in [1.165, 1.54) is 12.1 Å². The molecule has 0 heterocycles. The Bertz CT molecular complexity index is 341. The second-order valence-corrected chi connectivity index (χ2v) is 3.71. The first-order valence-electron chi connectivity index (χ1n) is 3.04. The van der Waals surface area contributed by atoms with Gasteiger partial charge in [-0.3, -0.25) is 4.55 Å². The van der Waals surface area contributed by atoms with Gasteiger partial charge in [0, 0.05) is 27.7 Å². The van der Waals surface area contributed by atoms with Crippen LogP contribution >= 0.6 is 0 Å². The van der Waals surface area contributed by atoms with E-state index >= 15 is 0 Å². The summed E-state index contributed by atoms with van der Waals surface area (Å²) in [5, 5.41) is 0. The van der Waals surface area contributed by atoms with Crippen LogP contribution < -0.4 is 0 Å². The van der Waals surface area contributed by atoms with Crippen LogP contribution in [-0.2, 0) is 37.8 Å². The number of hydrogen-bond donors (Lipinski definition) is 1. The topological polar surface area (TPSA) is 54.4 Å². The van der Waals surface area contributed by atoms with Gasteiger partial charge in [-0.15, -0.1) is 0 Å². The summed E-state index contributed by atoms with van der Waals surface area (Å²) in [6, 6.07) is 5.99. The van der Waals surface area contributed by atoms with Gasteiger partial charge in [-0.2, -0.15) is 8.42 Å². The molecule has 5 heteroatoms. The van der Waals surface area contributed by atoms with Crippen molar-refractivity contribution in [2.24, 2.45) is 0 Å². The Morgan fingerprint density at radius 3 is 1.92 bits per heavy atom. The van der Waals surface area contributed by atoms with Crippen molar-refractivity contribution in [1.29, 1.82) is 0 Å². The van der Waals surface area contributed by atoms with E-state index in [1.54, 1.807) is 12.1 Å². The van der Waals surface area contributed by atoms with Crippen LogP contribution in [0, 0.1) is 6.92 Å². The summed E-state index contributed by atoms with van der Waals surface area (Å²) in [6.07, 6.45) is 0. The van der Waals surface area contributed by atoms with Crippen molar-refractivity contribution in [3.63, 3.8) is 0 Å². The summed E-state index contributed by atoms with van der Waals surface area (Å²) in [5.74, 6) is 0. The maximum Gasteiger partial charge on any atom is 0.294 e. The molecular formula is C7H8HgO3S. The molecule has 0 saturated heterocycles. The molecule has 0 aliphatic heterocycles. The smallest absolute Gasteiger partial charge is 0.282 e. The van der Waals surface area contributed by atoms with Gasteiger partial charge in [-0.25, -0.2) is 0 Å². The second-order valence-electron chi connectivity index (χ2n) is 2.29. The van der Waals surface area contributed by atoms with Crippen LogP contribution in [0.4, 0.5) is 0 Å². The second kappa shape index (κ2) is 4.34. The Kier molecular flexibility index (Phi) is 4.37. The van der Waals surface area contributed by atoms with Crippen molar-refractivity contribution in [2.75, 3.05) is 0 Å². The molecule has 1 aromatic carbocycles. The van der Waals surface area contributed by atoms with Crippen LogP contribution in [0.2, 0.25) is 0 Å². The third-order valence-electron chi connectivity index (χ3n) is 1.32. The van der Waals surface area contributed by atoms with E-state index in [4.69, 9.17) is 4.55 Å². The van der Waals surface area contributed by atoms with Gasteiger partial charge in [0.25, 0.3) is 10.1 Å². The van der Waals surface area contributed by atoms with Crippen LogP contribution in [0.3, 0.4) is 0 Å². The van der Waals surface area contributed by atoms with E-state index in [0.717, 1.165) is 5.56 Å². The Morgan fingerprint density at radius 2 is 1.58 bits per heavy atom. The molecule has 62 valence electrons. The first-order valence-corrected chi connectivity index (χ1v) is 4.48. The Labute approximate surface area is 92.1 Å². The van der Waals surface area contributed by atoms with Gasteiger partial charge in [0.2, 0.25) is 0 Å². The molecule has 0 aliphatic rings. The molecule has 3 nitrogen and oxygen atoms in total. The van der Waals surface area contributed by atoms with Gasteiger partial charge in [-0.05, 0) is 19.1 Å². The minimum atomic E-state index is -4.02. The fourth-order valence-corrected chi connectivity index (χ4v) is 1.19. The zero-order valence-corrected chi connectivity index (χ0v) is 13.0. The van der Waals surface area contributed by atoms with E-state index in [9.17, 15) is 8.42 Å². The average molecular weight is 373 g/mol. The molecule has 0 fully saturated rings. The van der Waals surface area contributed by atoms with E-state index in [2.05, 4.69) is 0 Å². The van der Waals surface area contributed by atoms with Gasteiger partial charge in [-0.1, -0.05) is 17.7 Å². The van der Waals surface area contributed by atoms with Gasteiger partial charge in [0.05, 0.1) is 4.90 Å². The van der Waals surface area contributed by atoms with Gasteiger partial charge in [0.15, 0.2) is 0 Å². The van der Waals surface area contributed by atoms with Crippen LogP contribution in [0.15, 0.2) is 29.2 Å². The number of rotatable bonds is 1. The molecule has 12 heavy (non-hydrogen) atoms. The van der Waals surface area contributed by atoms with Gasteiger partial charge in [0.1, 0.15) is 0 Å². The molecule has 0 unspecified atom stereocenters. The largest absolute Gasteiger partial charge is 0.294 e. The maximum absolute atomic E-state index is 10.5. The molecule has 0 aliphatic carbocycles. The minimum Gasteiger partial charge on any atom is -0.282 e. The molecule has 0 bridgehead atoms. The SMILES string of the molecule is Cc1ccc(S(=O)(=O)O)cc1.[Hg]. The summed E-state index contributed by atoms with van der Waals surface area (Å²) in [6.45, 7) is 1.84. The van der Waals surface area contributed by atoms with E-state index in [1.807, 2.05) is 6.92 Å². The van der Waals surface area contributed by atoms with Crippen molar-refractivity contribution >= 4 is 10.1 Å². The van der Waals surface area contributed by atoms with Crippen LogP contribution in [0.25, 0.3) is 0 Å². The number of benzene rings is 1. The molecule has 1 N–H and O–H groups in total. The molecule has 0 radical (unpaired) electrons. The molecule has 1 aromatic rings. The van der Waals surface area contributed by atoms with Crippen molar-refractivity contribution in [3.8, 4) is 0 Å². The summed E-state index contributed by atoms with van der Waals surface area (Å²) in [7, 11) is -4.02. The number of hydrogen-bond acceptors (Lipinski definition) is 2. The normalized spacial score (nSPS) is 10.5. The van der Waals surface area contributed by atoms with Gasteiger partial charge >= 0.3 is 0 Å². The summed E-state index contributed by atoms with van der Waals surface area (Å²) >= 11 is 0. The zero-order chi connectivity index (χ0) is 8.48. The third-order valence-corrected chi connectivity index (χ3v) is 2.19. The first kappa shape index (κ1) is 12.1. The molecule has 0 amide bonds. The number of aryl methyl sites for hydroxylation is 1. The zero-order valence-electron chi connectivity index (χ0n) is 6.69. The van der Waals surface area contributed by atoms with E-state index < -0.39 is 10.1 Å². The van der Waals surface area contributed by atoms with Crippen molar-refractivity contribution in [3.05, 3.63) is 29.8 Å². The quantitative estimate of drug-likeness (QED) is 0.596. The molecule has 0 aromatic heterocycles. The molecule has 0 saturated carbocycles. The monoisotopic (exact) mass is 374 g/mol. The third kappa shape index (κ3) is 3.20. The summed E-state index contributed by atoms with van der Waals surface area (Å²) < 4.78 is 29.6. The van der Waals surface area contributed by atoms with E-state index in [-0.39, 0.29) is 32.6 Å². The molecule has 0 atom stereocenters. The first-order chi connectivity index (χ1) is 5.00. The average Bonchev–Trinajstić information content (AvgIpc) is 1.86. The standard InChI is InChI=1S/C7H8O3S.Hg/c1-6-2-4-7(5-3-6)11(8,9)10;/h2-5H,1H3,(H,8,9,10);. The molecule has 0 spiro atoms. The van der Waals surface area contributed by atoms with E-state index in [0.29, 0.717) is 0 Å².